The molecule has 0 radical (unpaired) electrons. The minimum atomic E-state index is -0.364. The first-order valence-corrected chi connectivity index (χ1v) is 6.36. The number of aromatic nitrogens is 2. The van der Waals surface area contributed by atoms with Crippen molar-refractivity contribution in [3.8, 4) is 0 Å². The summed E-state index contributed by atoms with van der Waals surface area (Å²) in [6.07, 6.45) is 1.22. The van der Waals surface area contributed by atoms with E-state index in [0.29, 0.717) is 10.6 Å². The Morgan fingerprint density at radius 1 is 1.21 bits per heavy atom. The molecule has 1 aromatic heterocycles. The van der Waals surface area contributed by atoms with Gasteiger partial charge in [-0.15, -0.1) is 0 Å². The molecule has 1 amide bonds. The number of benzene rings is 1. The average Bonchev–Trinajstić information content (AvgIpc) is 2.38. The van der Waals surface area contributed by atoms with Crippen LogP contribution in [0.25, 0.3) is 0 Å². The maximum absolute atomic E-state index is 12.1. The largest absolute Gasteiger partial charge is 0.305 e. The van der Waals surface area contributed by atoms with Crippen molar-refractivity contribution < 1.29 is 4.79 Å². The lowest BCUT2D eigenvalue weighted by molar-refractivity contribution is 0.102. The topological polar surface area (TPSA) is 54.9 Å². The molecule has 2 rings (SSSR count). The Labute approximate surface area is 124 Å². The molecular weight excluding hydrogens is 309 g/mol. The fourth-order valence-corrected chi connectivity index (χ4v) is 1.90. The van der Waals surface area contributed by atoms with Crippen LogP contribution in [-0.4, -0.2) is 15.9 Å². The first kappa shape index (κ1) is 14.1. The molecule has 0 saturated carbocycles. The molecule has 1 heterocycles. The molecule has 0 bridgehead atoms. The molecule has 7 heteroatoms. The second kappa shape index (κ2) is 5.74. The number of aryl methyl sites for hydroxylation is 1. The number of amides is 1. The Kier molecular flexibility index (Phi) is 4.24. The van der Waals surface area contributed by atoms with Crippen LogP contribution < -0.4 is 5.32 Å². The van der Waals surface area contributed by atoms with Crippen molar-refractivity contribution in [3.05, 3.63) is 50.9 Å². The first-order chi connectivity index (χ1) is 8.99. The lowest BCUT2D eigenvalue weighted by atomic mass is 10.1. The molecule has 2 aromatic rings. The van der Waals surface area contributed by atoms with Crippen LogP contribution in [0, 0.1) is 6.92 Å². The zero-order valence-electron chi connectivity index (χ0n) is 9.75. The third kappa shape index (κ3) is 3.15. The molecule has 1 aromatic carbocycles. The molecular formula is C12H8Cl3N3O. The first-order valence-electron chi connectivity index (χ1n) is 5.22. The Balaban J connectivity index is 2.31. The summed E-state index contributed by atoms with van der Waals surface area (Å²) in [6.45, 7) is 1.81. The quantitative estimate of drug-likeness (QED) is 0.852. The van der Waals surface area contributed by atoms with Gasteiger partial charge in [0.2, 0.25) is 0 Å². The maximum Gasteiger partial charge on any atom is 0.257 e. The number of nitrogens with zero attached hydrogens (tertiary/aromatic N) is 2. The lowest BCUT2D eigenvalue weighted by Gasteiger charge is -2.08. The fourth-order valence-electron chi connectivity index (χ4n) is 1.45. The van der Waals surface area contributed by atoms with Gasteiger partial charge in [0, 0.05) is 10.6 Å². The highest BCUT2D eigenvalue weighted by Gasteiger charge is 2.14. The van der Waals surface area contributed by atoms with E-state index in [2.05, 4.69) is 15.3 Å². The van der Waals surface area contributed by atoms with E-state index in [1.54, 1.807) is 25.1 Å². The van der Waals surface area contributed by atoms with Crippen LogP contribution in [0.2, 0.25) is 15.2 Å². The Hall–Kier alpha value is -1.36. The summed E-state index contributed by atoms with van der Waals surface area (Å²) in [7, 11) is 0. The van der Waals surface area contributed by atoms with Crippen LogP contribution in [0.1, 0.15) is 15.9 Å². The zero-order valence-corrected chi connectivity index (χ0v) is 12.0. The van der Waals surface area contributed by atoms with E-state index in [4.69, 9.17) is 34.8 Å². The van der Waals surface area contributed by atoms with Crippen molar-refractivity contribution in [1.82, 2.24) is 9.97 Å². The minimum absolute atomic E-state index is 0.0785. The summed E-state index contributed by atoms with van der Waals surface area (Å²) < 4.78 is 0. The van der Waals surface area contributed by atoms with E-state index >= 15 is 0 Å². The zero-order chi connectivity index (χ0) is 14.0. The lowest BCUT2D eigenvalue weighted by Crippen LogP contribution is -2.15. The molecule has 19 heavy (non-hydrogen) atoms. The molecule has 0 aliphatic heterocycles. The van der Waals surface area contributed by atoms with Crippen molar-refractivity contribution in [2.45, 2.75) is 6.92 Å². The van der Waals surface area contributed by atoms with Gasteiger partial charge in [-0.3, -0.25) is 4.79 Å². The third-order valence-corrected chi connectivity index (χ3v) is 3.40. The van der Waals surface area contributed by atoms with Gasteiger partial charge in [0.25, 0.3) is 5.91 Å². The number of nitrogens with one attached hydrogen (secondary N) is 1. The van der Waals surface area contributed by atoms with E-state index < -0.39 is 0 Å². The van der Waals surface area contributed by atoms with E-state index in [-0.39, 0.29) is 21.9 Å². The number of hydrogen-bond donors (Lipinski definition) is 1. The Bertz CT molecular complexity index is 646. The van der Waals surface area contributed by atoms with E-state index in [1.165, 1.54) is 6.33 Å². The molecule has 0 spiro atoms. The van der Waals surface area contributed by atoms with Crippen molar-refractivity contribution in [1.29, 1.82) is 0 Å². The van der Waals surface area contributed by atoms with Gasteiger partial charge in [0.1, 0.15) is 11.3 Å². The van der Waals surface area contributed by atoms with Gasteiger partial charge in [-0.1, -0.05) is 40.9 Å². The molecule has 0 atom stereocenters. The highest BCUT2D eigenvalue weighted by molar-refractivity contribution is 6.43. The SMILES string of the molecule is Cc1ccc(Cl)cc1C(=O)Nc1ncnc(Cl)c1Cl. The molecule has 0 aliphatic carbocycles. The van der Waals surface area contributed by atoms with Gasteiger partial charge in [-0.25, -0.2) is 9.97 Å². The van der Waals surface area contributed by atoms with Gasteiger partial charge >= 0.3 is 0 Å². The molecule has 0 unspecified atom stereocenters. The van der Waals surface area contributed by atoms with Crippen molar-refractivity contribution in [2.75, 3.05) is 5.32 Å². The summed E-state index contributed by atoms with van der Waals surface area (Å²) in [6, 6.07) is 5.04. The van der Waals surface area contributed by atoms with E-state index in [0.717, 1.165) is 5.56 Å². The van der Waals surface area contributed by atoms with Crippen molar-refractivity contribution in [3.63, 3.8) is 0 Å². The second-order valence-electron chi connectivity index (χ2n) is 3.74. The Morgan fingerprint density at radius 2 is 1.95 bits per heavy atom. The number of hydrogen-bond acceptors (Lipinski definition) is 3. The van der Waals surface area contributed by atoms with Crippen molar-refractivity contribution in [2.24, 2.45) is 0 Å². The van der Waals surface area contributed by atoms with E-state index in [9.17, 15) is 4.79 Å². The second-order valence-corrected chi connectivity index (χ2v) is 4.91. The molecule has 0 fully saturated rings. The van der Waals surface area contributed by atoms with Gasteiger partial charge in [0.05, 0.1) is 0 Å². The summed E-state index contributed by atoms with van der Waals surface area (Å²) in [5.74, 6) is -0.206. The standard InChI is InChI=1S/C12H8Cl3N3O/c1-6-2-3-7(13)4-8(6)12(19)18-11-9(14)10(15)16-5-17-11/h2-5H,1H3,(H,16,17,18,19). The summed E-state index contributed by atoms with van der Waals surface area (Å²) in [5.41, 5.74) is 1.23. The van der Waals surface area contributed by atoms with Crippen LogP contribution in [0.4, 0.5) is 5.82 Å². The fraction of sp³-hybridized carbons (Fsp3) is 0.0833. The number of carbonyl (C=O) groups excluding carboxylic acids is 1. The highest BCUT2D eigenvalue weighted by Crippen LogP contribution is 2.26. The van der Waals surface area contributed by atoms with E-state index in [1.807, 2.05) is 0 Å². The summed E-state index contributed by atoms with van der Waals surface area (Å²) in [5, 5.41) is 3.22. The molecule has 1 N–H and O–H groups in total. The van der Waals surface area contributed by atoms with Gasteiger partial charge in [-0.2, -0.15) is 0 Å². The summed E-state index contributed by atoms with van der Waals surface area (Å²) >= 11 is 17.5. The minimum Gasteiger partial charge on any atom is -0.305 e. The predicted octanol–water partition coefficient (Wildman–Crippen LogP) is 4.00. The number of anilines is 1. The number of rotatable bonds is 2. The third-order valence-electron chi connectivity index (χ3n) is 2.42. The monoisotopic (exact) mass is 315 g/mol. The smallest absolute Gasteiger partial charge is 0.257 e. The number of carbonyl (C=O) groups is 1. The normalized spacial score (nSPS) is 10.3. The van der Waals surface area contributed by atoms with Gasteiger partial charge in [-0.05, 0) is 24.6 Å². The number of halogens is 3. The highest BCUT2D eigenvalue weighted by atomic mass is 35.5. The Morgan fingerprint density at radius 3 is 2.68 bits per heavy atom. The van der Waals surface area contributed by atoms with Gasteiger partial charge in [0.15, 0.2) is 11.0 Å². The predicted molar refractivity (Wildman–Crippen MR) is 76.2 cm³/mol. The molecule has 0 aliphatic rings. The molecule has 98 valence electrons. The van der Waals surface area contributed by atoms with Crippen LogP contribution >= 0.6 is 34.8 Å². The summed E-state index contributed by atoms with van der Waals surface area (Å²) in [4.78, 5) is 19.7. The van der Waals surface area contributed by atoms with Crippen molar-refractivity contribution >= 4 is 46.5 Å². The van der Waals surface area contributed by atoms with Gasteiger partial charge < -0.3 is 5.32 Å². The average molecular weight is 317 g/mol. The van der Waals surface area contributed by atoms with Crippen LogP contribution in [-0.2, 0) is 0 Å². The van der Waals surface area contributed by atoms with Crippen LogP contribution in [0.5, 0.6) is 0 Å². The molecule has 0 saturated heterocycles. The maximum atomic E-state index is 12.1. The van der Waals surface area contributed by atoms with Crippen LogP contribution in [0.3, 0.4) is 0 Å². The molecule has 4 nitrogen and oxygen atoms in total. The van der Waals surface area contributed by atoms with Crippen LogP contribution in [0.15, 0.2) is 24.5 Å².